The Morgan fingerprint density at radius 3 is 2.76 bits per heavy atom. The first-order valence-corrected chi connectivity index (χ1v) is 10.4. The molecule has 152 valence electrons. The van der Waals surface area contributed by atoms with Crippen molar-refractivity contribution in [2.24, 2.45) is 11.8 Å². The van der Waals surface area contributed by atoms with E-state index in [0.717, 1.165) is 43.0 Å². The highest BCUT2D eigenvalue weighted by atomic mass is 35.5. The zero-order valence-corrected chi connectivity index (χ0v) is 17.9. The van der Waals surface area contributed by atoms with Gasteiger partial charge in [-0.05, 0) is 55.5 Å². The number of rotatable bonds is 5. The molecule has 1 aliphatic rings. The van der Waals surface area contributed by atoms with E-state index in [1.165, 1.54) is 0 Å². The van der Waals surface area contributed by atoms with Gasteiger partial charge in [0.25, 0.3) is 0 Å². The van der Waals surface area contributed by atoms with Crippen molar-refractivity contribution >= 4 is 34.9 Å². The van der Waals surface area contributed by atoms with E-state index < -0.39 is 0 Å². The van der Waals surface area contributed by atoms with Crippen molar-refractivity contribution in [2.45, 2.75) is 20.3 Å². The van der Waals surface area contributed by atoms with Crippen molar-refractivity contribution in [1.29, 1.82) is 0 Å². The van der Waals surface area contributed by atoms with Crippen molar-refractivity contribution in [3.8, 4) is 11.4 Å². The topological polar surface area (TPSA) is 67.1 Å². The molecular weight excluding hydrogens is 409 g/mol. The molecule has 6 nitrogen and oxygen atoms in total. The summed E-state index contributed by atoms with van der Waals surface area (Å²) in [7, 11) is 0. The third-order valence-electron chi connectivity index (χ3n) is 5.39. The third kappa shape index (κ3) is 4.82. The average Bonchev–Trinajstić information content (AvgIpc) is 3.17. The number of benzene rings is 1. The lowest BCUT2D eigenvalue weighted by Crippen LogP contribution is -2.42. The molecule has 3 heterocycles. The summed E-state index contributed by atoms with van der Waals surface area (Å²) in [6, 6.07) is 9.84. The van der Waals surface area contributed by atoms with Gasteiger partial charge in [-0.2, -0.15) is 4.98 Å². The van der Waals surface area contributed by atoms with Gasteiger partial charge < -0.3 is 14.7 Å². The monoisotopic (exact) mass is 431 g/mol. The molecule has 29 heavy (non-hydrogen) atoms. The van der Waals surface area contributed by atoms with E-state index in [2.05, 4.69) is 38.3 Å². The Balaban J connectivity index is 1.44. The Hall–Kier alpha value is -2.31. The van der Waals surface area contributed by atoms with Crippen LogP contribution in [-0.4, -0.2) is 34.8 Å². The predicted molar refractivity (Wildman–Crippen MR) is 117 cm³/mol. The largest absolute Gasteiger partial charge is 0.385 e. The van der Waals surface area contributed by atoms with E-state index >= 15 is 0 Å². The number of anilines is 2. The number of halogens is 2. The van der Waals surface area contributed by atoms with Crippen LogP contribution in [0.2, 0.25) is 10.0 Å². The van der Waals surface area contributed by atoms with Gasteiger partial charge in [-0.25, -0.2) is 0 Å². The Labute approximate surface area is 180 Å². The first-order chi connectivity index (χ1) is 14.0. The minimum absolute atomic E-state index is 0.466. The molecule has 2 unspecified atom stereocenters. The van der Waals surface area contributed by atoms with Gasteiger partial charge in [-0.15, -0.1) is 0 Å². The van der Waals surface area contributed by atoms with Gasteiger partial charge >= 0.3 is 6.01 Å². The summed E-state index contributed by atoms with van der Waals surface area (Å²) in [6.07, 6.45) is 2.90. The molecule has 0 spiro atoms. The van der Waals surface area contributed by atoms with Gasteiger partial charge in [0.1, 0.15) is 0 Å². The molecule has 1 aliphatic heterocycles. The predicted octanol–water partition coefficient (Wildman–Crippen LogP) is 5.32. The number of hydrogen-bond donors (Lipinski definition) is 1. The Morgan fingerprint density at radius 1 is 1.21 bits per heavy atom. The van der Waals surface area contributed by atoms with Crippen LogP contribution in [0.3, 0.4) is 0 Å². The van der Waals surface area contributed by atoms with Crippen LogP contribution in [0, 0.1) is 18.8 Å². The number of pyridine rings is 1. The lowest BCUT2D eigenvalue weighted by Gasteiger charge is -2.36. The molecule has 0 radical (unpaired) electrons. The molecular formula is C21H23Cl2N5O. The molecule has 1 aromatic carbocycles. The highest BCUT2D eigenvalue weighted by Gasteiger charge is 2.29. The molecule has 3 aromatic rings. The molecule has 0 aliphatic carbocycles. The summed E-state index contributed by atoms with van der Waals surface area (Å²) in [5.41, 5.74) is 2.85. The first kappa shape index (κ1) is 20.0. The third-order valence-corrected chi connectivity index (χ3v) is 5.82. The summed E-state index contributed by atoms with van der Waals surface area (Å²) in [6.45, 7) is 6.93. The molecule has 1 saturated heterocycles. The van der Waals surface area contributed by atoms with Crippen molar-refractivity contribution in [3.05, 3.63) is 52.3 Å². The molecule has 0 saturated carbocycles. The first-order valence-electron chi connectivity index (χ1n) is 9.69. The minimum Gasteiger partial charge on any atom is -0.385 e. The fourth-order valence-corrected chi connectivity index (χ4v) is 4.16. The highest BCUT2D eigenvalue weighted by molar-refractivity contribution is 6.35. The van der Waals surface area contributed by atoms with Crippen LogP contribution in [0.25, 0.3) is 11.4 Å². The van der Waals surface area contributed by atoms with Crippen LogP contribution in [0.1, 0.15) is 19.0 Å². The van der Waals surface area contributed by atoms with E-state index in [-0.39, 0.29) is 0 Å². The lowest BCUT2D eigenvalue weighted by atomic mass is 9.87. The summed E-state index contributed by atoms with van der Waals surface area (Å²) < 4.78 is 5.55. The zero-order chi connectivity index (χ0) is 20.4. The maximum atomic E-state index is 6.09. The number of piperidine rings is 1. The van der Waals surface area contributed by atoms with E-state index in [1.54, 1.807) is 18.2 Å². The van der Waals surface area contributed by atoms with Crippen LogP contribution in [0.4, 0.5) is 11.7 Å². The van der Waals surface area contributed by atoms with Crippen LogP contribution < -0.4 is 10.2 Å². The molecule has 2 aromatic heterocycles. The summed E-state index contributed by atoms with van der Waals surface area (Å²) in [5, 5.41) is 8.75. The molecule has 0 bridgehead atoms. The van der Waals surface area contributed by atoms with Crippen LogP contribution in [0.15, 0.2) is 41.1 Å². The van der Waals surface area contributed by atoms with Crippen LogP contribution in [-0.2, 0) is 0 Å². The second kappa shape index (κ2) is 8.59. The Kier molecular flexibility index (Phi) is 5.92. The van der Waals surface area contributed by atoms with Gasteiger partial charge in [0.05, 0.1) is 0 Å². The quantitative estimate of drug-likeness (QED) is 0.589. The molecule has 4 rings (SSSR count). The lowest BCUT2D eigenvalue weighted by molar-refractivity contribution is 0.296. The SMILES string of the molecule is Cc1cc(NCC2CN(c3nc(-c4cc(Cl)cc(Cl)c4)no3)CCC2C)ccn1. The number of nitrogens with zero attached hydrogens (tertiary/aromatic N) is 4. The van der Waals surface area contributed by atoms with Crippen LogP contribution in [0.5, 0.6) is 0 Å². The maximum absolute atomic E-state index is 6.09. The molecule has 8 heteroatoms. The van der Waals surface area contributed by atoms with Gasteiger partial charge in [0.15, 0.2) is 0 Å². The van der Waals surface area contributed by atoms with E-state index in [1.807, 2.05) is 19.2 Å². The normalized spacial score (nSPS) is 19.4. The second-order valence-electron chi connectivity index (χ2n) is 7.60. The maximum Gasteiger partial charge on any atom is 0.324 e. The van der Waals surface area contributed by atoms with Gasteiger partial charge in [-0.1, -0.05) is 35.3 Å². The Morgan fingerprint density at radius 2 is 2.00 bits per heavy atom. The standard InChI is InChI=1S/C21H23Cl2N5O/c1-13-4-6-28(12-16(13)11-25-19-3-5-24-14(2)7-19)21-26-20(27-29-21)15-8-17(22)10-18(23)9-15/h3,5,7-10,13,16H,4,6,11-12H2,1-2H3,(H,24,25). The second-order valence-corrected chi connectivity index (χ2v) is 8.47. The molecule has 1 N–H and O–H groups in total. The average molecular weight is 432 g/mol. The number of nitrogens with one attached hydrogen (secondary N) is 1. The molecule has 2 atom stereocenters. The van der Waals surface area contributed by atoms with E-state index in [4.69, 9.17) is 27.7 Å². The Bertz CT molecular complexity index is 972. The number of aryl methyl sites for hydroxylation is 1. The van der Waals surface area contributed by atoms with Crippen molar-refractivity contribution in [2.75, 3.05) is 29.9 Å². The minimum atomic E-state index is 0.466. The van der Waals surface area contributed by atoms with E-state index in [9.17, 15) is 0 Å². The van der Waals surface area contributed by atoms with Gasteiger partial charge in [0.2, 0.25) is 5.82 Å². The van der Waals surface area contributed by atoms with Crippen molar-refractivity contribution in [1.82, 2.24) is 15.1 Å². The number of aromatic nitrogens is 3. The van der Waals surface area contributed by atoms with Crippen molar-refractivity contribution in [3.63, 3.8) is 0 Å². The fourth-order valence-electron chi connectivity index (χ4n) is 3.64. The van der Waals surface area contributed by atoms with E-state index in [0.29, 0.717) is 33.7 Å². The number of hydrogen-bond acceptors (Lipinski definition) is 6. The smallest absolute Gasteiger partial charge is 0.324 e. The molecule has 0 amide bonds. The summed E-state index contributed by atoms with van der Waals surface area (Å²) in [4.78, 5) is 11.0. The van der Waals surface area contributed by atoms with Crippen LogP contribution >= 0.6 is 23.2 Å². The molecule has 1 fully saturated rings. The summed E-state index contributed by atoms with van der Waals surface area (Å²) >= 11 is 12.2. The van der Waals surface area contributed by atoms with Gasteiger partial charge in [-0.3, -0.25) is 4.98 Å². The van der Waals surface area contributed by atoms with Crippen molar-refractivity contribution < 1.29 is 4.52 Å². The summed E-state index contributed by atoms with van der Waals surface area (Å²) in [5.74, 6) is 1.56. The zero-order valence-electron chi connectivity index (χ0n) is 16.4. The highest BCUT2D eigenvalue weighted by Crippen LogP contribution is 2.30. The van der Waals surface area contributed by atoms with Gasteiger partial charge in [0, 0.05) is 52.8 Å². The fraction of sp³-hybridized carbons (Fsp3) is 0.381.